The van der Waals surface area contributed by atoms with Crippen LogP contribution in [0.5, 0.6) is 0 Å². The zero-order valence-electron chi connectivity index (χ0n) is 22.4. The molecular formula is C24H37N5O8S. The molecule has 0 spiro atoms. The fourth-order valence-corrected chi connectivity index (χ4v) is 3.80. The van der Waals surface area contributed by atoms with Gasteiger partial charge in [-0.2, -0.15) is 0 Å². The van der Waals surface area contributed by atoms with Gasteiger partial charge in [-0.05, 0) is 72.2 Å². The SMILES string of the molecule is CC(C)OCCn1c(=S)[nH]c(=O)c2c1ccn2COC(=O)NC(CCCCNC(=O)OC(C)(C)C)C(=O)O. The number of nitrogens with one attached hydrogen (secondary N) is 3. The first kappa shape index (κ1) is 30.8. The number of ether oxygens (including phenoxy) is 3. The van der Waals surface area contributed by atoms with Crippen LogP contribution in [-0.2, 0) is 32.3 Å². The summed E-state index contributed by atoms with van der Waals surface area (Å²) in [6.45, 7) is 9.89. The van der Waals surface area contributed by atoms with E-state index in [0.717, 1.165) is 0 Å². The number of carboxylic acids is 1. The number of carbonyl (C=O) groups excluding carboxylic acids is 2. The molecule has 0 aliphatic rings. The topological polar surface area (TPSA) is 166 Å². The zero-order valence-corrected chi connectivity index (χ0v) is 23.2. The van der Waals surface area contributed by atoms with Gasteiger partial charge in [-0.15, -0.1) is 0 Å². The molecule has 1 atom stereocenters. The maximum Gasteiger partial charge on any atom is 0.409 e. The average Bonchev–Trinajstić information content (AvgIpc) is 3.21. The Morgan fingerprint density at radius 2 is 1.89 bits per heavy atom. The number of fused-ring (bicyclic) bond motifs is 1. The normalized spacial score (nSPS) is 12.4. The van der Waals surface area contributed by atoms with E-state index < -0.39 is 35.4 Å². The molecule has 2 heterocycles. The molecule has 1 unspecified atom stereocenters. The molecule has 0 aliphatic carbocycles. The monoisotopic (exact) mass is 555 g/mol. The van der Waals surface area contributed by atoms with Crippen molar-refractivity contribution in [1.82, 2.24) is 24.8 Å². The predicted octanol–water partition coefficient (Wildman–Crippen LogP) is 3.12. The highest BCUT2D eigenvalue weighted by molar-refractivity contribution is 7.71. The van der Waals surface area contributed by atoms with Crippen LogP contribution < -0.4 is 16.2 Å². The number of aromatic amines is 1. The molecule has 0 saturated carbocycles. The number of H-pyrrole nitrogens is 1. The Morgan fingerprint density at radius 1 is 1.18 bits per heavy atom. The second-order valence-electron chi connectivity index (χ2n) is 9.87. The van der Waals surface area contributed by atoms with Crippen molar-refractivity contribution in [2.45, 2.75) is 84.9 Å². The Hall–Kier alpha value is -3.39. The number of alkyl carbamates (subject to hydrolysis) is 2. The molecule has 2 amide bonds. The molecule has 2 rings (SSSR count). The lowest BCUT2D eigenvalue weighted by Gasteiger charge is -2.19. The van der Waals surface area contributed by atoms with Crippen LogP contribution in [0.1, 0.15) is 53.9 Å². The van der Waals surface area contributed by atoms with Crippen LogP contribution in [0.4, 0.5) is 9.59 Å². The quantitative estimate of drug-likeness (QED) is 0.214. The van der Waals surface area contributed by atoms with E-state index in [2.05, 4.69) is 15.6 Å². The number of carboxylic acid groups (broad SMARTS) is 1. The van der Waals surface area contributed by atoms with E-state index in [0.29, 0.717) is 38.1 Å². The first-order valence-corrected chi connectivity index (χ1v) is 12.8. The van der Waals surface area contributed by atoms with Gasteiger partial charge < -0.3 is 39.1 Å². The molecule has 0 fully saturated rings. The summed E-state index contributed by atoms with van der Waals surface area (Å²) in [4.78, 5) is 50.7. The Morgan fingerprint density at radius 3 is 2.53 bits per heavy atom. The van der Waals surface area contributed by atoms with Crippen molar-refractivity contribution in [3.8, 4) is 0 Å². The molecule has 38 heavy (non-hydrogen) atoms. The third kappa shape index (κ3) is 9.82. The van der Waals surface area contributed by atoms with Crippen molar-refractivity contribution in [3.63, 3.8) is 0 Å². The number of hydrogen-bond donors (Lipinski definition) is 4. The molecule has 2 aromatic heterocycles. The van der Waals surface area contributed by atoms with Gasteiger partial charge in [0.15, 0.2) is 11.5 Å². The largest absolute Gasteiger partial charge is 0.480 e. The summed E-state index contributed by atoms with van der Waals surface area (Å²) in [5.41, 5.74) is -0.244. The molecule has 0 aliphatic heterocycles. The van der Waals surface area contributed by atoms with Crippen LogP contribution in [-0.4, -0.2) is 68.3 Å². The Kier molecular flexibility index (Phi) is 11.3. The van der Waals surface area contributed by atoms with E-state index in [4.69, 9.17) is 26.4 Å². The maximum atomic E-state index is 12.6. The van der Waals surface area contributed by atoms with Crippen LogP contribution in [0.2, 0.25) is 0 Å². The predicted molar refractivity (Wildman–Crippen MR) is 142 cm³/mol. The number of unbranched alkanes of at least 4 members (excludes halogenated alkanes) is 1. The molecule has 212 valence electrons. The number of nitrogens with zero attached hydrogens (tertiary/aromatic N) is 2. The van der Waals surface area contributed by atoms with Crippen molar-refractivity contribution in [3.05, 3.63) is 27.4 Å². The molecule has 14 heteroatoms. The van der Waals surface area contributed by atoms with Gasteiger partial charge in [-0.1, -0.05) is 0 Å². The van der Waals surface area contributed by atoms with E-state index in [1.54, 1.807) is 37.6 Å². The minimum atomic E-state index is -1.22. The van der Waals surface area contributed by atoms with Crippen molar-refractivity contribution >= 4 is 41.4 Å². The molecule has 0 aromatic carbocycles. The van der Waals surface area contributed by atoms with Gasteiger partial charge in [0.25, 0.3) is 5.56 Å². The van der Waals surface area contributed by atoms with E-state index >= 15 is 0 Å². The second-order valence-corrected chi connectivity index (χ2v) is 10.3. The summed E-state index contributed by atoms with van der Waals surface area (Å²) in [7, 11) is 0. The fourth-order valence-electron chi connectivity index (χ4n) is 3.52. The number of aromatic nitrogens is 3. The molecular weight excluding hydrogens is 518 g/mol. The first-order chi connectivity index (χ1) is 17.8. The molecule has 0 saturated heterocycles. The molecule has 13 nitrogen and oxygen atoms in total. The van der Waals surface area contributed by atoms with Gasteiger partial charge in [0.05, 0.1) is 18.2 Å². The van der Waals surface area contributed by atoms with E-state index in [9.17, 15) is 24.3 Å². The molecule has 4 N–H and O–H groups in total. The van der Waals surface area contributed by atoms with Crippen molar-refractivity contribution in [2.24, 2.45) is 0 Å². The smallest absolute Gasteiger partial charge is 0.409 e. The van der Waals surface area contributed by atoms with Crippen molar-refractivity contribution in [2.75, 3.05) is 13.2 Å². The van der Waals surface area contributed by atoms with Gasteiger partial charge in [0, 0.05) is 19.3 Å². The highest BCUT2D eigenvalue weighted by Crippen LogP contribution is 2.13. The average molecular weight is 556 g/mol. The molecule has 0 radical (unpaired) electrons. The van der Waals surface area contributed by atoms with E-state index in [1.165, 1.54) is 4.57 Å². The summed E-state index contributed by atoms with van der Waals surface area (Å²) in [5, 5.41) is 14.4. The third-order valence-electron chi connectivity index (χ3n) is 5.19. The summed E-state index contributed by atoms with van der Waals surface area (Å²) in [6, 6.07) is 0.502. The second kappa shape index (κ2) is 14.0. The number of aliphatic carboxylic acids is 1. The van der Waals surface area contributed by atoms with Crippen LogP contribution in [0, 0.1) is 4.77 Å². The molecule has 2 aromatic rings. The maximum absolute atomic E-state index is 12.6. The standard InChI is InChI=1S/C24H37N5O8S/c1-15(2)35-13-12-29-17-9-11-28(18(17)19(30)27-21(29)38)14-36-23(34)26-16(20(31)32)8-6-7-10-25-22(33)37-24(3,4)5/h9,11,15-16H,6-8,10,12-14H2,1-5H3,(H,25,33)(H,26,34)(H,31,32)(H,27,30,38). The first-order valence-electron chi connectivity index (χ1n) is 12.3. The minimum Gasteiger partial charge on any atom is -0.480 e. The lowest BCUT2D eigenvalue weighted by Crippen LogP contribution is -2.41. The Balaban J connectivity index is 1.91. The lowest BCUT2D eigenvalue weighted by atomic mass is 10.1. The van der Waals surface area contributed by atoms with Gasteiger partial charge in [-0.3, -0.25) is 9.78 Å². The van der Waals surface area contributed by atoms with Crippen LogP contribution in [0.15, 0.2) is 17.1 Å². The summed E-state index contributed by atoms with van der Waals surface area (Å²) < 4.78 is 19.3. The van der Waals surface area contributed by atoms with Gasteiger partial charge >= 0.3 is 18.2 Å². The van der Waals surface area contributed by atoms with Crippen LogP contribution >= 0.6 is 12.2 Å². The highest BCUT2D eigenvalue weighted by Gasteiger charge is 2.21. The van der Waals surface area contributed by atoms with Gasteiger partial charge in [0.2, 0.25) is 0 Å². The van der Waals surface area contributed by atoms with Crippen LogP contribution in [0.25, 0.3) is 11.0 Å². The number of rotatable bonds is 13. The van der Waals surface area contributed by atoms with E-state index in [-0.39, 0.29) is 29.5 Å². The highest BCUT2D eigenvalue weighted by atomic mass is 32.1. The Bertz CT molecular complexity index is 1230. The van der Waals surface area contributed by atoms with Crippen molar-refractivity contribution in [1.29, 1.82) is 0 Å². The number of amides is 2. The fraction of sp³-hybridized carbons (Fsp3) is 0.625. The van der Waals surface area contributed by atoms with Gasteiger partial charge in [0.1, 0.15) is 17.2 Å². The third-order valence-corrected chi connectivity index (χ3v) is 5.51. The summed E-state index contributed by atoms with van der Waals surface area (Å²) >= 11 is 5.28. The van der Waals surface area contributed by atoms with Crippen LogP contribution in [0.3, 0.4) is 0 Å². The minimum absolute atomic E-state index is 0.0439. The van der Waals surface area contributed by atoms with Gasteiger partial charge in [-0.25, -0.2) is 14.4 Å². The zero-order chi connectivity index (χ0) is 28.5. The number of carbonyl (C=O) groups is 3. The Labute approximate surface area is 225 Å². The van der Waals surface area contributed by atoms with E-state index in [1.807, 2.05) is 13.8 Å². The lowest BCUT2D eigenvalue weighted by molar-refractivity contribution is -0.139. The summed E-state index contributed by atoms with van der Waals surface area (Å²) in [6.07, 6.45) is 1.17. The molecule has 0 bridgehead atoms. The van der Waals surface area contributed by atoms with Crippen molar-refractivity contribution < 1.29 is 33.7 Å². The summed E-state index contributed by atoms with van der Waals surface area (Å²) in [5.74, 6) is -1.22. The number of hydrogen-bond acceptors (Lipinski definition) is 8.